The Morgan fingerprint density at radius 1 is 1.28 bits per heavy atom. The second kappa shape index (κ2) is 6.55. The number of rotatable bonds is 5. The average Bonchev–Trinajstić information content (AvgIpc) is 2.25. The molecule has 1 atom stereocenters. The first kappa shape index (κ1) is 14.7. The fourth-order valence-corrected chi connectivity index (χ4v) is 1.85. The molecule has 0 fully saturated rings. The van der Waals surface area contributed by atoms with Crippen LogP contribution in [0.5, 0.6) is 0 Å². The predicted octanol–water partition coefficient (Wildman–Crippen LogP) is 2.14. The Labute approximate surface area is 109 Å². The maximum absolute atomic E-state index is 11.7. The van der Waals surface area contributed by atoms with E-state index in [-0.39, 0.29) is 11.3 Å². The molecule has 1 aromatic carbocycles. The van der Waals surface area contributed by atoms with Crippen molar-refractivity contribution in [2.45, 2.75) is 39.7 Å². The summed E-state index contributed by atoms with van der Waals surface area (Å²) in [5.41, 5.74) is 1.06. The highest BCUT2D eigenvalue weighted by molar-refractivity contribution is 5.78. The molecule has 0 spiro atoms. The van der Waals surface area contributed by atoms with Gasteiger partial charge >= 0.3 is 0 Å². The van der Waals surface area contributed by atoms with Gasteiger partial charge in [0.25, 0.3) is 0 Å². The van der Waals surface area contributed by atoms with E-state index in [4.69, 9.17) is 0 Å². The second-order valence-electron chi connectivity index (χ2n) is 5.89. The molecule has 1 amide bonds. The van der Waals surface area contributed by atoms with Gasteiger partial charge in [0.1, 0.15) is 0 Å². The van der Waals surface area contributed by atoms with Crippen LogP contribution in [0.2, 0.25) is 0 Å². The maximum atomic E-state index is 11.7. The van der Waals surface area contributed by atoms with Crippen LogP contribution < -0.4 is 5.32 Å². The minimum Gasteiger partial charge on any atom is -0.391 e. The first-order valence-electron chi connectivity index (χ1n) is 6.35. The number of hydrogen-bond acceptors (Lipinski definition) is 2. The normalized spacial score (nSPS) is 13.1. The second-order valence-corrected chi connectivity index (χ2v) is 5.89. The molecule has 100 valence electrons. The number of aliphatic hydroxyl groups excluding tert-OH is 1. The molecule has 1 aromatic rings. The van der Waals surface area contributed by atoms with E-state index in [0.29, 0.717) is 19.4 Å². The van der Waals surface area contributed by atoms with Gasteiger partial charge < -0.3 is 10.4 Å². The molecule has 0 aliphatic heterocycles. The van der Waals surface area contributed by atoms with Crippen LogP contribution in [-0.2, 0) is 11.2 Å². The quantitative estimate of drug-likeness (QED) is 0.840. The van der Waals surface area contributed by atoms with Crippen LogP contribution in [0.3, 0.4) is 0 Å². The van der Waals surface area contributed by atoms with Crippen molar-refractivity contribution < 1.29 is 9.90 Å². The van der Waals surface area contributed by atoms with Gasteiger partial charge in [0.2, 0.25) is 5.91 Å². The van der Waals surface area contributed by atoms with Crippen molar-refractivity contribution in [1.29, 1.82) is 0 Å². The van der Waals surface area contributed by atoms with Crippen LogP contribution in [0.1, 0.15) is 32.8 Å². The fraction of sp³-hybridized carbons (Fsp3) is 0.533. The Kier molecular flexibility index (Phi) is 5.35. The highest BCUT2D eigenvalue weighted by Gasteiger charge is 2.17. The predicted molar refractivity (Wildman–Crippen MR) is 73.2 cm³/mol. The summed E-state index contributed by atoms with van der Waals surface area (Å²) in [5, 5.41) is 12.5. The van der Waals surface area contributed by atoms with Gasteiger partial charge in [-0.15, -0.1) is 0 Å². The molecule has 2 N–H and O–H groups in total. The largest absolute Gasteiger partial charge is 0.391 e. The smallest absolute Gasteiger partial charge is 0.224 e. The van der Waals surface area contributed by atoms with Gasteiger partial charge in [-0.2, -0.15) is 0 Å². The van der Waals surface area contributed by atoms with Crippen LogP contribution >= 0.6 is 0 Å². The van der Waals surface area contributed by atoms with E-state index in [0.717, 1.165) is 5.56 Å². The van der Waals surface area contributed by atoms with Crippen molar-refractivity contribution in [1.82, 2.24) is 5.32 Å². The third kappa shape index (κ3) is 6.40. The zero-order valence-corrected chi connectivity index (χ0v) is 11.4. The van der Waals surface area contributed by atoms with E-state index < -0.39 is 6.10 Å². The van der Waals surface area contributed by atoms with Crippen LogP contribution in [0.15, 0.2) is 30.3 Å². The molecule has 0 saturated carbocycles. The summed E-state index contributed by atoms with van der Waals surface area (Å²) in [6.45, 7) is 6.54. The van der Waals surface area contributed by atoms with Gasteiger partial charge in [-0.1, -0.05) is 51.1 Å². The average molecular weight is 249 g/mol. The van der Waals surface area contributed by atoms with Gasteiger partial charge in [-0.3, -0.25) is 4.79 Å². The number of hydrogen-bond donors (Lipinski definition) is 2. The lowest BCUT2D eigenvalue weighted by Crippen LogP contribution is -2.34. The number of benzene rings is 1. The molecule has 3 heteroatoms. The van der Waals surface area contributed by atoms with Crippen LogP contribution in [-0.4, -0.2) is 23.7 Å². The third-order valence-electron chi connectivity index (χ3n) is 2.59. The van der Waals surface area contributed by atoms with Crippen molar-refractivity contribution in [3.8, 4) is 0 Å². The topological polar surface area (TPSA) is 49.3 Å². The van der Waals surface area contributed by atoms with E-state index in [1.807, 2.05) is 30.3 Å². The molecule has 0 bridgehead atoms. The third-order valence-corrected chi connectivity index (χ3v) is 2.59. The molecule has 0 aliphatic carbocycles. The summed E-state index contributed by atoms with van der Waals surface area (Å²) in [6, 6.07) is 9.60. The standard InChI is InChI=1S/C15H23NO2/c1-15(2,3)10-13(17)11-16-14(18)9-12-7-5-4-6-8-12/h4-8,13,17H,9-11H2,1-3H3,(H,16,18). The van der Waals surface area contributed by atoms with Crippen molar-refractivity contribution >= 4 is 5.91 Å². The van der Waals surface area contributed by atoms with E-state index >= 15 is 0 Å². The zero-order valence-electron chi connectivity index (χ0n) is 11.4. The van der Waals surface area contributed by atoms with Crippen molar-refractivity contribution in [3.63, 3.8) is 0 Å². The molecule has 18 heavy (non-hydrogen) atoms. The molecule has 3 nitrogen and oxygen atoms in total. The van der Waals surface area contributed by atoms with Gasteiger partial charge in [0.05, 0.1) is 12.5 Å². The highest BCUT2D eigenvalue weighted by atomic mass is 16.3. The molecule has 0 heterocycles. The Morgan fingerprint density at radius 2 is 1.89 bits per heavy atom. The minimum absolute atomic E-state index is 0.0471. The van der Waals surface area contributed by atoms with E-state index in [9.17, 15) is 9.90 Å². The SMILES string of the molecule is CC(C)(C)CC(O)CNC(=O)Cc1ccccc1. The lowest BCUT2D eigenvalue weighted by atomic mass is 9.89. The summed E-state index contributed by atoms with van der Waals surface area (Å²) in [4.78, 5) is 11.7. The molecular formula is C15H23NO2. The highest BCUT2D eigenvalue weighted by Crippen LogP contribution is 2.20. The lowest BCUT2D eigenvalue weighted by molar-refractivity contribution is -0.121. The number of nitrogens with one attached hydrogen (secondary N) is 1. The Bertz CT molecular complexity index is 368. The summed E-state index contributed by atoms with van der Waals surface area (Å²) in [7, 11) is 0. The summed E-state index contributed by atoms with van der Waals surface area (Å²) >= 11 is 0. The minimum atomic E-state index is -0.482. The Balaban J connectivity index is 2.29. The van der Waals surface area contributed by atoms with E-state index in [1.165, 1.54) is 0 Å². The van der Waals surface area contributed by atoms with E-state index in [2.05, 4.69) is 26.1 Å². The van der Waals surface area contributed by atoms with Gasteiger partial charge in [0.15, 0.2) is 0 Å². The first-order chi connectivity index (χ1) is 8.37. The van der Waals surface area contributed by atoms with Gasteiger partial charge in [-0.25, -0.2) is 0 Å². The number of carbonyl (C=O) groups is 1. The monoisotopic (exact) mass is 249 g/mol. The maximum Gasteiger partial charge on any atom is 0.224 e. The summed E-state index contributed by atoms with van der Waals surface area (Å²) < 4.78 is 0. The van der Waals surface area contributed by atoms with Crippen LogP contribution in [0, 0.1) is 5.41 Å². The molecule has 0 radical (unpaired) electrons. The number of carbonyl (C=O) groups excluding carboxylic acids is 1. The Hall–Kier alpha value is -1.35. The fourth-order valence-electron chi connectivity index (χ4n) is 1.85. The summed E-state index contributed by atoms with van der Waals surface area (Å²) in [5.74, 6) is -0.0471. The van der Waals surface area contributed by atoms with Gasteiger partial charge in [-0.05, 0) is 17.4 Å². The number of aliphatic hydroxyl groups is 1. The van der Waals surface area contributed by atoms with Crippen LogP contribution in [0.4, 0.5) is 0 Å². The van der Waals surface area contributed by atoms with Crippen molar-refractivity contribution in [2.75, 3.05) is 6.54 Å². The van der Waals surface area contributed by atoms with Crippen LogP contribution in [0.25, 0.3) is 0 Å². The van der Waals surface area contributed by atoms with Crippen molar-refractivity contribution in [2.24, 2.45) is 5.41 Å². The Morgan fingerprint density at radius 3 is 2.44 bits per heavy atom. The molecule has 0 saturated heterocycles. The molecule has 0 aromatic heterocycles. The molecular weight excluding hydrogens is 226 g/mol. The van der Waals surface area contributed by atoms with Crippen molar-refractivity contribution in [3.05, 3.63) is 35.9 Å². The molecule has 0 aliphatic rings. The van der Waals surface area contributed by atoms with E-state index in [1.54, 1.807) is 0 Å². The lowest BCUT2D eigenvalue weighted by Gasteiger charge is -2.22. The number of amides is 1. The molecule has 1 unspecified atom stereocenters. The first-order valence-corrected chi connectivity index (χ1v) is 6.35. The summed E-state index contributed by atoms with van der Waals surface area (Å²) in [6.07, 6.45) is 0.562. The zero-order chi connectivity index (χ0) is 13.6. The molecule has 1 rings (SSSR count). The van der Waals surface area contributed by atoms with Gasteiger partial charge in [0, 0.05) is 6.54 Å².